The van der Waals surface area contributed by atoms with Gasteiger partial charge in [0.05, 0.1) is 39.4 Å². The van der Waals surface area contributed by atoms with Crippen molar-refractivity contribution in [3.05, 3.63) is 74.4 Å². The summed E-state index contributed by atoms with van der Waals surface area (Å²) in [6.07, 6.45) is 3.01. The lowest BCUT2D eigenvalue weighted by molar-refractivity contribution is 0.0699. The summed E-state index contributed by atoms with van der Waals surface area (Å²) in [5, 5.41) is 21.9. The van der Waals surface area contributed by atoms with Gasteiger partial charge in [0.2, 0.25) is 0 Å². The van der Waals surface area contributed by atoms with E-state index in [1.165, 1.54) is 35.2 Å². The molecule has 5 heterocycles. The van der Waals surface area contributed by atoms with E-state index in [1.54, 1.807) is 36.6 Å². The van der Waals surface area contributed by atoms with Gasteiger partial charge < -0.3 is 14.7 Å². The van der Waals surface area contributed by atoms with Gasteiger partial charge in [0.15, 0.2) is 0 Å². The van der Waals surface area contributed by atoms with Crippen LogP contribution in [-0.2, 0) is 6.54 Å². The number of piperazine rings is 1. The van der Waals surface area contributed by atoms with E-state index >= 15 is 0 Å². The molecule has 0 radical (unpaired) electrons. The molecule has 15 heteroatoms. The number of carboxylic acids is 1. The van der Waals surface area contributed by atoms with Crippen LogP contribution in [-0.4, -0.2) is 87.2 Å². The number of carboxylic acid groups (broad SMARTS) is 1. The summed E-state index contributed by atoms with van der Waals surface area (Å²) in [6.45, 7) is 3.74. The number of pyridine rings is 2. The van der Waals surface area contributed by atoms with E-state index in [9.17, 15) is 28.7 Å². The zero-order valence-corrected chi connectivity index (χ0v) is 27.6. The van der Waals surface area contributed by atoms with Crippen molar-refractivity contribution in [3.63, 3.8) is 0 Å². The molecule has 0 spiro atoms. The van der Waals surface area contributed by atoms with Crippen molar-refractivity contribution in [2.75, 3.05) is 50.9 Å². The first-order valence-corrected chi connectivity index (χ1v) is 16.3. The lowest BCUT2D eigenvalue weighted by Crippen LogP contribution is -2.51. The van der Waals surface area contributed by atoms with E-state index in [0.29, 0.717) is 75.5 Å². The number of halogens is 3. The van der Waals surface area contributed by atoms with Gasteiger partial charge in [0.25, 0.3) is 5.56 Å². The van der Waals surface area contributed by atoms with Gasteiger partial charge in [-0.1, -0.05) is 11.6 Å². The minimum Gasteiger partial charge on any atom is -0.491 e. The molecule has 1 N–H and O–H groups in total. The van der Waals surface area contributed by atoms with E-state index < -0.39 is 23.9 Å². The van der Waals surface area contributed by atoms with Gasteiger partial charge in [-0.2, -0.15) is 5.26 Å². The Morgan fingerprint density at radius 2 is 1.98 bits per heavy atom. The lowest BCUT2D eigenvalue weighted by atomic mass is 10.0. The number of fused-ring (bicyclic) bond motifs is 2. The van der Waals surface area contributed by atoms with Crippen molar-refractivity contribution in [2.45, 2.75) is 26.1 Å². The Bertz CT molecular complexity index is 2140. The standard InChI is InChI=1S/C33H30ClF2N7O4S/c1-19-40-25-15-39-30(42-9-7-41(8-10-42)18-33(2,36)17-35)23(14-37)27(25)31(44)43(19)11-12-47-26-4-3-20(34)13-22(26)21-5-6-38-28-24(32(45)46)16-48-29(21)28/h3-6,13,15-16H,7-12,17-18H2,1-2H3,(H,45,46). The van der Waals surface area contributed by atoms with Gasteiger partial charge >= 0.3 is 5.97 Å². The Kier molecular flexibility index (Phi) is 9.28. The summed E-state index contributed by atoms with van der Waals surface area (Å²) in [4.78, 5) is 42.6. The van der Waals surface area contributed by atoms with Gasteiger partial charge in [-0.05, 0) is 38.1 Å². The number of anilines is 1. The highest BCUT2D eigenvalue weighted by Gasteiger charge is 2.30. The molecule has 11 nitrogen and oxygen atoms in total. The third-order valence-electron chi connectivity index (χ3n) is 8.28. The second-order valence-corrected chi connectivity index (χ2v) is 13.1. The van der Waals surface area contributed by atoms with E-state index in [1.807, 2.05) is 9.80 Å². The van der Waals surface area contributed by atoms with Crippen LogP contribution in [0.4, 0.5) is 14.6 Å². The van der Waals surface area contributed by atoms with Crippen LogP contribution in [0.2, 0.25) is 5.02 Å². The van der Waals surface area contributed by atoms with Gasteiger partial charge in [0.1, 0.15) is 48.0 Å². The molecule has 1 saturated heterocycles. The number of nitrogens with zero attached hydrogens (tertiary/aromatic N) is 7. The summed E-state index contributed by atoms with van der Waals surface area (Å²) >= 11 is 7.62. The number of aryl methyl sites for hydroxylation is 1. The average molecular weight is 694 g/mol. The van der Waals surface area contributed by atoms with Gasteiger partial charge in [-0.3, -0.25) is 19.2 Å². The summed E-state index contributed by atoms with van der Waals surface area (Å²) in [6, 6.07) is 9.03. The fraction of sp³-hybridized carbons (Fsp3) is 0.333. The van der Waals surface area contributed by atoms with Crippen LogP contribution in [0.3, 0.4) is 0 Å². The van der Waals surface area contributed by atoms with Crippen molar-refractivity contribution in [1.82, 2.24) is 24.4 Å². The van der Waals surface area contributed by atoms with Crippen molar-refractivity contribution >= 4 is 55.8 Å². The highest BCUT2D eigenvalue weighted by atomic mass is 35.5. The van der Waals surface area contributed by atoms with Gasteiger partial charge in [-0.25, -0.2) is 23.5 Å². The van der Waals surface area contributed by atoms with Crippen LogP contribution in [0.25, 0.3) is 32.2 Å². The Balaban J connectivity index is 1.26. The molecule has 48 heavy (non-hydrogen) atoms. The molecule has 248 valence electrons. The zero-order chi connectivity index (χ0) is 34.2. The molecule has 0 aliphatic carbocycles. The van der Waals surface area contributed by atoms with Crippen molar-refractivity contribution in [1.29, 1.82) is 5.26 Å². The molecule has 4 aromatic heterocycles. The minimum atomic E-state index is -1.93. The molecule has 0 saturated carbocycles. The number of carbonyl (C=O) groups is 1. The minimum absolute atomic E-state index is 0.0341. The van der Waals surface area contributed by atoms with Crippen LogP contribution in [0.1, 0.15) is 28.7 Å². The van der Waals surface area contributed by atoms with E-state index in [4.69, 9.17) is 16.3 Å². The smallest absolute Gasteiger partial charge is 0.338 e. The largest absolute Gasteiger partial charge is 0.491 e. The number of nitriles is 1. The van der Waals surface area contributed by atoms with E-state index in [0.717, 1.165) is 0 Å². The normalized spacial score (nSPS) is 15.0. The first kappa shape index (κ1) is 33.2. The molecule has 6 rings (SSSR count). The number of thiophene rings is 1. The molecular formula is C33H30ClF2N7O4S. The van der Waals surface area contributed by atoms with Crippen molar-refractivity contribution < 1.29 is 23.4 Å². The SMILES string of the molecule is Cc1nc2cnc(N3CCN(CC(C)(F)CF)CC3)c(C#N)c2c(=O)n1CCOc1ccc(Cl)cc1-c1ccnc2c(C(=O)O)csc12. The lowest BCUT2D eigenvalue weighted by Gasteiger charge is -2.37. The average Bonchev–Trinajstić information content (AvgIpc) is 3.51. The number of hydrogen-bond donors (Lipinski definition) is 1. The van der Waals surface area contributed by atoms with Crippen LogP contribution < -0.4 is 15.2 Å². The van der Waals surface area contributed by atoms with Crippen molar-refractivity contribution in [2.24, 2.45) is 0 Å². The predicted octanol–water partition coefficient (Wildman–Crippen LogP) is 5.50. The number of aromatic carboxylic acids is 1. The zero-order valence-electron chi connectivity index (χ0n) is 26.0. The van der Waals surface area contributed by atoms with Gasteiger partial charge in [0, 0.05) is 60.5 Å². The summed E-state index contributed by atoms with van der Waals surface area (Å²) in [5.74, 6) is 0.161. The van der Waals surface area contributed by atoms with E-state index in [-0.39, 0.29) is 36.2 Å². The molecular weight excluding hydrogens is 664 g/mol. The van der Waals surface area contributed by atoms with Crippen molar-refractivity contribution in [3.8, 4) is 22.9 Å². The first-order chi connectivity index (χ1) is 23.0. The second kappa shape index (κ2) is 13.4. The summed E-state index contributed by atoms with van der Waals surface area (Å²) < 4.78 is 35.6. The Morgan fingerprint density at radius 1 is 1.21 bits per heavy atom. The quantitative estimate of drug-likeness (QED) is 0.200. The molecule has 0 bridgehead atoms. The fourth-order valence-electron chi connectivity index (χ4n) is 5.93. The first-order valence-electron chi connectivity index (χ1n) is 15.1. The maximum atomic E-state index is 14.2. The predicted molar refractivity (Wildman–Crippen MR) is 180 cm³/mol. The summed E-state index contributed by atoms with van der Waals surface area (Å²) in [5.41, 5.74) is -0.138. The third kappa shape index (κ3) is 6.41. The molecule has 1 fully saturated rings. The topological polar surface area (TPSA) is 137 Å². The van der Waals surface area contributed by atoms with Crippen LogP contribution in [0.15, 0.2) is 46.8 Å². The van der Waals surface area contributed by atoms with Gasteiger partial charge in [-0.15, -0.1) is 11.3 Å². The number of ether oxygens (including phenoxy) is 1. The summed E-state index contributed by atoms with van der Waals surface area (Å²) in [7, 11) is 0. The maximum absolute atomic E-state index is 14.2. The Morgan fingerprint density at radius 3 is 2.69 bits per heavy atom. The van der Waals surface area contributed by atoms with Crippen LogP contribution in [0.5, 0.6) is 5.75 Å². The molecule has 0 amide bonds. The highest BCUT2D eigenvalue weighted by molar-refractivity contribution is 7.18. The number of alkyl halides is 2. The van der Waals surface area contributed by atoms with Crippen LogP contribution in [0, 0.1) is 18.3 Å². The number of hydrogen-bond acceptors (Lipinski definition) is 10. The maximum Gasteiger partial charge on any atom is 0.338 e. The Hall–Kier alpha value is -4.71. The molecule has 1 atom stereocenters. The molecule has 1 aromatic carbocycles. The molecule has 1 aliphatic rings. The number of benzene rings is 1. The Labute approximate surface area is 282 Å². The number of rotatable bonds is 10. The van der Waals surface area contributed by atoms with E-state index in [2.05, 4.69) is 21.0 Å². The third-order valence-corrected chi connectivity index (χ3v) is 9.51. The second-order valence-electron chi connectivity index (χ2n) is 11.7. The van der Waals surface area contributed by atoms with Crippen LogP contribution >= 0.6 is 22.9 Å². The monoisotopic (exact) mass is 693 g/mol. The fourth-order valence-corrected chi connectivity index (χ4v) is 7.13. The molecule has 5 aromatic rings. The number of aromatic nitrogens is 4. The molecule has 1 aliphatic heterocycles. The highest BCUT2D eigenvalue weighted by Crippen LogP contribution is 2.39. The molecule has 1 unspecified atom stereocenters.